The summed E-state index contributed by atoms with van der Waals surface area (Å²) >= 11 is 0. The third kappa shape index (κ3) is 2.86. The van der Waals surface area contributed by atoms with E-state index < -0.39 is 11.9 Å². The van der Waals surface area contributed by atoms with Crippen LogP contribution in [0.15, 0.2) is 18.5 Å². The van der Waals surface area contributed by atoms with Crippen LogP contribution in [-0.4, -0.2) is 27.2 Å². The number of aliphatic hydroxyl groups is 1. The molecule has 18 heavy (non-hydrogen) atoms. The fourth-order valence-corrected chi connectivity index (χ4v) is 1.74. The molecule has 0 aliphatic carbocycles. The molecule has 0 saturated carbocycles. The van der Waals surface area contributed by atoms with Gasteiger partial charge in [-0.25, -0.2) is 9.37 Å². The Bertz CT molecular complexity index is 545. The molecule has 0 radical (unpaired) electrons. The number of hydrogen-bond donors (Lipinski definition) is 3. The number of rotatable bonds is 3. The number of benzene rings is 1. The van der Waals surface area contributed by atoms with E-state index in [-0.39, 0.29) is 5.54 Å². The van der Waals surface area contributed by atoms with Crippen molar-refractivity contribution in [3.05, 3.63) is 29.8 Å². The van der Waals surface area contributed by atoms with Crippen molar-refractivity contribution in [2.75, 3.05) is 6.54 Å². The Morgan fingerprint density at radius 2 is 2.17 bits per heavy atom. The molecule has 3 N–H and O–H groups in total. The van der Waals surface area contributed by atoms with Gasteiger partial charge in [0.05, 0.1) is 17.9 Å². The van der Waals surface area contributed by atoms with Gasteiger partial charge >= 0.3 is 0 Å². The smallest absolute Gasteiger partial charge is 0.149 e. The van der Waals surface area contributed by atoms with Crippen LogP contribution in [0.25, 0.3) is 11.0 Å². The minimum absolute atomic E-state index is 0.0873. The van der Waals surface area contributed by atoms with E-state index in [9.17, 15) is 9.50 Å². The fraction of sp³-hybridized carbons (Fsp3) is 0.462. The Morgan fingerprint density at radius 1 is 1.44 bits per heavy atom. The molecule has 0 fully saturated rings. The third-order valence-electron chi connectivity index (χ3n) is 2.71. The van der Waals surface area contributed by atoms with Gasteiger partial charge in [0.1, 0.15) is 11.3 Å². The molecule has 4 nitrogen and oxygen atoms in total. The molecule has 0 unspecified atom stereocenters. The first-order chi connectivity index (χ1) is 8.37. The van der Waals surface area contributed by atoms with E-state index in [4.69, 9.17) is 0 Å². The maximum absolute atomic E-state index is 13.7. The van der Waals surface area contributed by atoms with Gasteiger partial charge in [-0.05, 0) is 38.5 Å². The van der Waals surface area contributed by atoms with Crippen LogP contribution in [0.2, 0.25) is 0 Å². The van der Waals surface area contributed by atoms with Gasteiger partial charge in [0.2, 0.25) is 0 Å². The first-order valence-corrected chi connectivity index (χ1v) is 5.92. The number of β-amino-alcohol motifs (C(OH)–C–C–N with tert-alkyl or cyclic N) is 1. The van der Waals surface area contributed by atoms with Gasteiger partial charge < -0.3 is 15.4 Å². The summed E-state index contributed by atoms with van der Waals surface area (Å²) in [5, 5.41) is 13.2. The van der Waals surface area contributed by atoms with Gasteiger partial charge in [0.25, 0.3) is 0 Å². The van der Waals surface area contributed by atoms with E-state index in [2.05, 4.69) is 15.3 Å². The Labute approximate surface area is 105 Å². The van der Waals surface area contributed by atoms with Gasteiger partial charge in [0.15, 0.2) is 0 Å². The van der Waals surface area contributed by atoms with Crippen LogP contribution in [0.5, 0.6) is 0 Å². The molecule has 1 aromatic heterocycles. The Balaban J connectivity index is 2.20. The van der Waals surface area contributed by atoms with Crippen molar-refractivity contribution >= 4 is 11.0 Å². The van der Waals surface area contributed by atoms with Crippen molar-refractivity contribution in [2.45, 2.75) is 32.4 Å². The standard InChI is InChI=1S/C13H18FN3O/c1-13(2,3)17-6-11(18)8-4-9(14)12-10(5-8)15-7-16-12/h4-5,7,11,17-18H,6H2,1-3H3,(H,15,16)/t11-/m0/s1. The zero-order valence-corrected chi connectivity index (χ0v) is 10.8. The Kier molecular flexibility index (Phi) is 3.36. The molecule has 0 spiro atoms. The van der Waals surface area contributed by atoms with Crippen LogP contribution >= 0.6 is 0 Å². The van der Waals surface area contributed by atoms with Crippen molar-refractivity contribution in [1.82, 2.24) is 15.3 Å². The predicted molar refractivity (Wildman–Crippen MR) is 68.8 cm³/mol. The zero-order valence-electron chi connectivity index (χ0n) is 10.8. The number of aromatic nitrogens is 2. The van der Waals surface area contributed by atoms with Gasteiger partial charge in [0, 0.05) is 12.1 Å². The number of nitrogens with one attached hydrogen (secondary N) is 2. The van der Waals surface area contributed by atoms with Crippen LogP contribution in [0, 0.1) is 5.82 Å². The first kappa shape index (κ1) is 13.0. The molecule has 98 valence electrons. The lowest BCUT2D eigenvalue weighted by molar-refractivity contribution is 0.163. The van der Waals surface area contributed by atoms with Crippen LogP contribution in [0.3, 0.4) is 0 Å². The zero-order chi connectivity index (χ0) is 13.3. The molecule has 1 atom stereocenters. The van der Waals surface area contributed by atoms with E-state index >= 15 is 0 Å². The lowest BCUT2D eigenvalue weighted by atomic mass is 10.1. The summed E-state index contributed by atoms with van der Waals surface area (Å²) in [7, 11) is 0. The number of aromatic amines is 1. The van der Waals surface area contributed by atoms with Gasteiger partial charge in [-0.3, -0.25) is 0 Å². The first-order valence-electron chi connectivity index (χ1n) is 5.92. The molecule has 0 bridgehead atoms. The molecule has 0 aliphatic rings. The van der Waals surface area contributed by atoms with Crippen LogP contribution in [-0.2, 0) is 0 Å². The molecule has 2 aromatic rings. The topological polar surface area (TPSA) is 60.9 Å². The number of imidazole rings is 1. The highest BCUT2D eigenvalue weighted by Crippen LogP contribution is 2.21. The second-order valence-corrected chi connectivity index (χ2v) is 5.45. The van der Waals surface area contributed by atoms with Gasteiger partial charge in [-0.15, -0.1) is 0 Å². The number of fused-ring (bicyclic) bond motifs is 1. The Hall–Kier alpha value is -1.46. The number of aliphatic hydroxyl groups excluding tert-OH is 1. The molecule has 1 aromatic carbocycles. The molecular weight excluding hydrogens is 233 g/mol. The summed E-state index contributed by atoms with van der Waals surface area (Å²) in [4.78, 5) is 6.73. The normalized spacial score (nSPS) is 14.1. The second kappa shape index (κ2) is 4.66. The SMILES string of the molecule is CC(C)(C)NC[C@H](O)c1cc(F)c2[nH]cnc2c1. The van der Waals surface area contributed by atoms with E-state index in [1.165, 1.54) is 12.4 Å². The quantitative estimate of drug-likeness (QED) is 0.783. The van der Waals surface area contributed by atoms with E-state index in [0.29, 0.717) is 23.1 Å². The van der Waals surface area contributed by atoms with Crippen molar-refractivity contribution in [2.24, 2.45) is 0 Å². The fourth-order valence-electron chi connectivity index (χ4n) is 1.74. The highest BCUT2D eigenvalue weighted by molar-refractivity contribution is 5.76. The second-order valence-electron chi connectivity index (χ2n) is 5.45. The highest BCUT2D eigenvalue weighted by Gasteiger charge is 2.16. The molecule has 1 heterocycles. The summed E-state index contributed by atoms with van der Waals surface area (Å²) in [6, 6.07) is 3.04. The Morgan fingerprint density at radius 3 is 2.83 bits per heavy atom. The lowest BCUT2D eigenvalue weighted by Gasteiger charge is -2.23. The number of H-pyrrole nitrogens is 1. The molecule has 5 heteroatoms. The summed E-state index contributed by atoms with van der Waals surface area (Å²) in [5.41, 5.74) is 1.34. The molecule has 0 aliphatic heterocycles. The molecule has 2 rings (SSSR count). The summed E-state index contributed by atoms with van der Waals surface area (Å²) in [6.07, 6.45) is 0.692. The monoisotopic (exact) mass is 251 g/mol. The van der Waals surface area contributed by atoms with Crippen LogP contribution in [0.4, 0.5) is 4.39 Å². The molecule has 0 saturated heterocycles. The maximum atomic E-state index is 13.7. The van der Waals surface area contributed by atoms with E-state index in [1.54, 1.807) is 6.07 Å². The van der Waals surface area contributed by atoms with Crippen molar-refractivity contribution in [3.63, 3.8) is 0 Å². The largest absolute Gasteiger partial charge is 0.387 e. The van der Waals surface area contributed by atoms with Crippen LogP contribution < -0.4 is 5.32 Å². The molecule has 0 amide bonds. The number of halogens is 1. The molecular formula is C13H18FN3O. The third-order valence-corrected chi connectivity index (χ3v) is 2.71. The van der Waals surface area contributed by atoms with Crippen LogP contribution in [0.1, 0.15) is 32.4 Å². The highest BCUT2D eigenvalue weighted by atomic mass is 19.1. The maximum Gasteiger partial charge on any atom is 0.149 e. The summed E-state index contributed by atoms with van der Waals surface area (Å²) in [5.74, 6) is -0.394. The average Bonchev–Trinajstić information content (AvgIpc) is 2.73. The van der Waals surface area contributed by atoms with Crippen molar-refractivity contribution in [1.29, 1.82) is 0 Å². The lowest BCUT2D eigenvalue weighted by Crippen LogP contribution is -2.38. The minimum atomic E-state index is -0.750. The average molecular weight is 251 g/mol. The van der Waals surface area contributed by atoms with Gasteiger partial charge in [-0.1, -0.05) is 0 Å². The van der Waals surface area contributed by atoms with E-state index in [1.807, 2.05) is 20.8 Å². The predicted octanol–water partition coefficient (Wildman–Crippen LogP) is 2.12. The number of nitrogens with zero attached hydrogens (tertiary/aromatic N) is 1. The minimum Gasteiger partial charge on any atom is -0.387 e. The van der Waals surface area contributed by atoms with E-state index in [0.717, 1.165) is 0 Å². The summed E-state index contributed by atoms with van der Waals surface area (Å²) in [6.45, 7) is 6.41. The van der Waals surface area contributed by atoms with Crippen molar-refractivity contribution < 1.29 is 9.50 Å². The van der Waals surface area contributed by atoms with Gasteiger partial charge in [-0.2, -0.15) is 0 Å². The van der Waals surface area contributed by atoms with Crippen molar-refractivity contribution in [3.8, 4) is 0 Å². The number of hydrogen-bond acceptors (Lipinski definition) is 3. The summed E-state index contributed by atoms with van der Waals surface area (Å²) < 4.78 is 13.7.